The maximum Gasteiger partial charge on any atom is 0.410 e. The molecule has 0 unspecified atom stereocenters. The molecule has 0 spiro atoms. The molecule has 0 radical (unpaired) electrons. The number of hydrogen-bond donors (Lipinski definition) is 1. The monoisotopic (exact) mass is 300 g/mol. The van der Waals surface area contributed by atoms with Gasteiger partial charge < -0.3 is 15.0 Å². The first-order chi connectivity index (χ1) is 9.24. The first-order valence-corrected chi connectivity index (χ1v) is 6.82. The number of amides is 1. The van der Waals surface area contributed by atoms with Crippen LogP contribution in [0.4, 0.5) is 14.9 Å². The molecular weight excluding hydrogens is 283 g/mol. The summed E-state index contributed by atoms with van der Waals surface area (Å²) < 4.78 is 18.2. The van der Waals surface area contributed by atoms with Crippen molar-refractivity contribution in [2.75, 3.05) is 18.4 Å². The smallest absolute Gasteiger partial charge is 0.410 e. The van der Waals surface area contributed by atoms with E-state index in [0.717, 1.165) is 0 Å². The maximum atomic E-state index is 12.9. The maximum absolute atomic E-state index is 12.9. The molecule has 1 fully saturated rings. The zero-order valence-corrected chi connectivity index (χ0v) is 12.5. The molecule has 1 N–H and O–H groups in total. The number of anilines is 1. The molecule has 20 heavy (non-hydrogen) atoms. The number of carbonyl (C=O) groups is 1. The van der Waals surface area contributed by atoms with E-state index in [1.54, 1.807) is 11.0 Å². The quantitative estimate of drug-likeness (QED) is 0.909. The van der Waals surface area contributed by atoms with Gasteiger partial charge in [-0.2, -0.15) is 0 Å². The van der Waals surface area contributed by atoms with Gasteiger partial charge in [-0.3, -0.25) is 0 Å². The molecule has 1 heterocycles. The van der Waals surface area contributed by atoms with Gasteiger partial charge in [0, 0.05) is 13.1 Å². The molecule has 110 valence electrons. The summed E-state index contributed by atoms with van der Waals surface area (Å²) in [5.41, 5.74) is 0.178. The van der Waals surface area contributed by atoms with Crippen molar-refractivity contribution in [1.82, 2.24) is 4.90 Å². The fraction of sp³-hybridized carbons (Fsp3) is 0.500. The minimum absolute atomic E-state index is 0.102. The van der Waals surface area contributed by atoms with Crippen LogP contribution in [0, 0.1) is 5.82 Å². The summed E-state index contributed by atoms with van der Waals surface area (Å²) in [5.74, 6) is -0.371. The highest BCUT2D eigenvalue weighted by Crippen LogP contribution is 2.25. The number of ether oxygens (including phenoxy) is 1. The van der Waals surface area contributed by atoms with Gasteiger partial charge in [-0.15, -0.1) is 0 Å². The summed E-state index contributed by atoms with van der Waals surface area (Å²) >= 11 is 5.93. The van der Waals surface area contributed by atoms with Gasteiger partial charge in [0.25, 0.3) is 0 Å². The SMILES string of the molecule is CC(C)(C)OC(=O)N1CC(Nc2ccc(F)cc2Cl)C1. The van der Waals surface area contributed by atoms with Gasteiger partial charge in [0.1, 0.15) is 11.4 Å². The van der Waals surface area contributed by atoms with Crippen LogP contribution in [0.5, 0.6) is 0 Å². The topological polar surface area (TPSA) is 41.6 Å². The second-order valence-corrected chi connectivity index (χ2v) is 6.26. The Bertz CT molecular complexity index is 510. The minimum atomic E-state index is -0.490. The average molecular weight is 301 g/mol. The van der Waals surface area contributed by atoms with Crippen molar-refractivity contribution in [2.24, 2.45) is 0 Å². The molecule has 0 saturated carbocycles. The highest BCUT2D eigenvalue weighted by atomic mass is 35.5. The molecular formula is C14H18ClFN2O2. The fourth-order valence-electron chi connectivity index (χ4n) is 1.87. The lowest BCUT2D eigenvalue weighted by Gasteiger charge is -2.40. The second kappa shape index (κ2) is 5.48. The molecule has 1 aliphatic heterocycles. The number of benzene rings is 1. The number of nitrogens with zero attached hydrogens (tertiary/aromatic N) is 1. The van der Waals surface area contributed by atoms with E-state index in [0.29, 0.717) is 23.8 Å². The zero-order valence-electron chi connectivity index (χ0n) is 11.7. The van der Waals surface area contributed by atoms with Gasteiger partial charge >= 0.3 is 6.09 Å². The van der Waals surface area contributed by atoms with Gasteiger partial charge in [0.2, 0.25) is 0 Å². The average Bonchev–Trinajstić information content (AvgIpc) is 2.22. The summed E-state index contributed by atoms with van der Waals surface area (Å²) in [6, 6.07) is 4.30. The lowest BCUT2D eigenvalue weighted by atomic mass is 10.1. The Morgan fingerprint density at radius 1 is 1.45 bits per heavy atom. The molecule has 0 bridgehead atoms. The summed E-state index contributed by atoms with van der Waals surface area (Å²) in [4.78, 5) is 13.4. The highest BCUT2D eigenvalue weighted by molar-refractivity contribution is 6.33. The molecule has 1 amide bonds. The summed E-state index contributed by atoms with van der Waals surface area (Å²) in [7, 11) is 0. The first-order valence-electron chi connectivity index (χ1n) is 6.44. The van der Waals surface area contributed by atoms with E-state index >= 15 is 0 Å². The number of halogens is 2. The van der Waals surface area contributed by atoms with Crippen molar-refractivity contribution in [3.05, 3.63) is 29.0 Å². The van der Waals surface area contributed by atoms with Crippen molar-refractivity contribution in [3.8, 4) is 0 Å². The molecule has 6 heteroatoms. The minimum Gasteiger partial charge on any atom is -0.444 e. The number of hydrogen-bond acceptors (Lipinski definition) is 3. The number of nitrogens with one attached hydrogen (secondary N) is 1. The Balaban J connectivity index is 1.83. The van der Waals surface area contributed by atoms with Gasteiger partial charge in [0.15, 0.2) is 0 Å². The molecule has 4 nitrogen and oxygen atoms in total. The lowest BCUT2D eigenvalue weighted by Crippen LogP contribution is -2.57. The van der Waals surface area contributed by atoms with E-state index in [1.165, 1.54) is 12.1 Å². The molecule has 0 aromatic heterocycles. The Labute approximate surface area is 122 Å². The van der Waals surface area contributed by atoms with Crippen LogP contribution in [0.1, 0.15) is 20.8 Å². The highest BCUT2D eigenvalue weighted by Gasteiger charge is 2.33. The molecule has 1 aliphatic rings. The standard InChI is InChI=1S/C14H18ClFN2O2/c1-14(2,3)20-13(19)18-7-10(8-18)17-12-5-4-9(16)6-11(12)15/h4-6,10,17H,7-8H2,1-3H3. The van der Waals surface area contributed by atoms with Crippen molar-refractivity contribution in [3.63, 3.8) is 0 Å². The van der Waals surface area contributed by atoms with Crippen LogP contribution in [0.25, 0.3) is 0 Å². The first kappa shape index (κ1) is 14.9. The summed E-state index contributed by atoms with van der Waals surface area (Å²) in [6.07, 6.45) is -0.319. The molecule has 0 aliphatic carbocycles. The summed E-state index contributed by atoms with van der Waals surface area (Å²) in [5, 5.41) is 3.51. The molecule has 1 aromatic rings. The van der Waals surface area contributed by atoms with Crippen molar-refractivity contribution in [1.29, 1.82) is 0 Å². The number of carbonyl (C=O) groups excluding carboxylic acids is 1. The van der Waals surface area contributed by atoms with Crippen LogP contribution in [-0.2, 0) is 4.74 Å². The van der Waals surface area contributed by atoms with E-state index < -0.39 is 5.60 Å². The van der Waals surface area contributed by atoms with Crippen molar-refractivity contribution >= 4 is 23.4 Å². The van der Waals surface area contributed by atoms with Crippen LogP contribution in [0.2, 0.25) is 5.02 Å². The normalized spacial score (nSPS) is 15.8. The fourth-order valence-corrected chi connectivity index (χ4v) is 2.09. The van der Waals surface area contributed by atoms with Gasteiger partial charge in [-0.25, -0.2) is 9.18 Å². The van der Waals surface area contributed by atoms with Crippen LogP contribution >= 0.6 is 11.6 Å². The third kappa shape index (κ3) is 3.76. The van der Waals surface area contributed by atoms with E-state index in [-0.39, 0.29) is 18.0 Å². The number of rotatable bonds is 2. The van der Waals surface area contributed by atoms with Crippen molar-refractivity contribution in [2.45, 2.75) is 32.4 Å². The molecule has 1 saturated heterocycles. The van der Waals surface area contributed by atoms with Gasteiger partial charge in [-0.05, 0) is 39.0 Å². The van der Waals surface area contributed by atoms with Crippen LogP contribution < -0.4 is 5.32 Å². The van der Waals surface area contributed by atoms with Crippen LogP contribution in [0.15, 0.2) is 18.2 Å². The zero-order chi connectivity index (χ0) is 14.9. The van der Waals surface area contributed by atoms with Crippen molar-refractivity contribution < 1.29 is 13.9 Å². The predicted molar refractivity (Wildman–Crippen MR) is 76.6 cm³/mol. The van der Waals surface area contributed by atoms with Gasteiger partial charge in [-0.1, -0.05) is 11.6 Å². The molecule has 2 rings (SSSR count). The summed E-state index contributed by atoms with van der Waals surface area (Å²) in [6.45, 7) is 6.58. The lowest BCUT2D eigenvalue weighted by molar-refractivity contribution is 0.0105. The Morgan fingerprint density at radius 3 is 2.65 bits per heavy atom. The van der Waals surface area contributed by atoms with Gasteiger partial charge in [0.05, 0.1) is 16.8 Å². The number of likely N-dealkylation sites (tertiary alicyclic amines) is 1. The van der Waals surface area contributed by atoms with E-state index in [9.17, 15) is 9.18 Å². The van der Waals surface area contributed by atoms with E-state index in [4.69, 9.17) is 16.3 Å². The van der Waals surface area contributed by atoms with E-state index in [1.807, 2.05) is 20.8 Å². The third-order valence-corrected chi connectivity index (χ3v) is 3.14. The Kier molecular flexibility index (Phi) is 4.09. The predicted octanol–water partition coefficient (Wildman–Crippen LogP) is 3.51. The molecule has 1 aromatic carbocycles. The van der Waals surface area contributed by atoms with E-state index in [2.05, 4.69) is 5.32 Å². The third-order valence-electron chi connectivity index (χ3n) is 2.82. The second-order valence-electron chi connectivity index (χ2n) is 5.85. The Hall–Kier alpha value is -1.49. The van der Waals surface area contributed by atoms with Crippen LogP contribution in [0.3, 0.4) is 0 Å². The largest absolute Gasteiger partial charge is 0.444 e. The molecule has 0 atom stereocenters. The Morgan fingerprint density at radius 2 is 2.10 bits per heavy atom. The van der Waals surface area contributed by atoms with Crippen LogP contribution in [-0.4, -0.2) is 35.7 Å².